The number of alkyl halides is 1. The Labute approximate surface area is 86.8 Å². The fourth-order valence-corrected chi connectivity index (χ4v) is 0.496. The van der Waals surface area contributed by atoms with Crippen molar-refractivity contribution >= 4 is 11.6 Å². The Morgan fingerprint density at radius 3 is 1.85 bits per heavy atom. The molecule has 0 saturated carbocycles. The maximum Gasteiger partial charge on any atom is 0.154 e. The smallest absolute Gasteiger partial charge is 0.154 e. The topological polar surface area (TPSA) is 24.7 Å². The predicted molar refractivity (Wildman–Crippen MR) is 58.3 cm³/mol. The van der Waals surface area contributed by atoms with E-state index in [-0.39, 0.29) is 6.04 Å². The molecule has 0 aliphatic heterocycles. The molecule has 0 fully saturated rings. The summed E-state index contributed by atoms with van der Waals surface area (Å²) in [6.07, 6.45) is 0. The van der Waals surface area contributed by atoms with Crippen LogP contribution in [-0.2, 0) is 0 Å². The van der Waals surface area contributed by atoms with Crippen molar-refractivity contribution in [2.75, 3.05) is 0 Å². The molecule has 0 aliphatic rings. The van der Waals surface area contributed by atoms with E-state index in [4.69, 9.17) is 11.6 Å². The third kappa shape index (κ3) is 4.61. The highest BCUT2D eigenvalue weighted by Gasteiger charge is 2.24. The molecule has 0 aromatic carbocycles. The minimum Gasteiger partial charge on any atom is -0.189 e. The van der Waals surface area contributed by atoms with Crippen LogP contribution in [0.5, 0.6) is 0 Å². The standard InChI is InChI=1S/C10H21ClN2/c1-7(2)9(5)12-13-10(6,11)8(3)4/h7-9H,1-6H3. The zero-order valence-electron chi connectivity index (χ0n) is 9.50. The van der Waals surface area contributed by atoms with Gasteiger partial charge in [-0.2, -0.15) is 10.2 Å². The van der Waals surface area contributed by atoms with Crippen LogP contribution in [0.1, 0.15) is 41.5 Å². The van der Waals surface area contributed by atoms with Crippen LogP contribution in [0, 0.1) is 11.8 Å². The highest BCUT2D eigenvalue weighted by atomic mass is 35.5. The molecule has 0 heterocycles. The van der Waals surface area contributed by atoms with Crippen molar-refractivity contribution in [3.63, 3.8) is 0 Å². The van der Waals surface area contributed by atoms with Crippen molar-refractivity contribution in [1.29, 1.82) is 0 Å². The first-order chi connectivity index (χ1) is 5.77. The van der Waals surface area contributed by atoms with Crippen LogP contribution in [0.2, 0.25) is 0 Å². The van der Waals surface area contributed by atoms with Gasteiger partial charge < -0.3 is 0 Å². The Morgan fingerprint density at radius 1 is 1.08 bits per heavy atom. The summed E-state index contributed by atoms with van der Waals surface area (Å²) in [6, 6.07) is 0.247. The first-order valence-corrected chi connectivity index (χ1v) is 5.26. The van der Waals surface area contributed by atoms with Gasteiger partial charge >= 0.3 is 0 Å². The highest BCUT2D eigenvalue weighted by molar-refractivity contribution is 6.23. The quantitative estimate of drug-likeness (QED) is 0.374. The molecule has 3 heteroatoms. The summed E-state index contributed by atoms with van der Waals surface area (Å²) in [5.41, 5.74) is 0. The average Bonchev–Trinajstić information content (AvgIpc) is 1.99. The first kappa shape index (κ1) is 12.9. The van der Waals surface area contributed by atoms with E-state index in [0.29, 0.717) is 11.8 Å². The van der Waals surface area contributed by atoms with Gasteiger partial charge in [0.05, 0.1) is 6.04 Å². The zero-order valence-corrected chi connectivity index (χ0v) is 10.3. The number of hydrogen-bond donors (Lipinski definition) is 0. The Bertz CT molecular complexity index is 174. The SMILES string of the molecule is CC(C)C(C)N=NC(C)(Cl)C(C)C. The van der Waals surface area contributed by atoms with Crippen LogP contribution in [0.15, 0.2) is 10.2 Å². The summed E-state index contributed by atoms with van der Waals surface area (Å²) in [4.78, 5) is -0.552. The van der Waals surface area contributed by atoms with E-state index in [1.54, 1.807) is 0 Å². The van der Waals surface area contributed by atoms with Crippen molar-refractivity contribution in [1.82, 2.24) is 0 Å². The van der Waals surface area contributed by atoms with Gasteiger partial charge in [0.25, 0.3) is 0 Å². The molecule has 0 N–H and O–H groups in total. The minimum atomic E-state index is -0.552. The summed E-state index contributed by atoms with van der Waals surface area (Å²) in [6.45, 7) is 12.3. The van der Waals surface area contributed by atoms with Gasteiger partial charge in [-0.25, -0.2) is 0 Å². The van der Waals surface area contributed by atoms with E-state index in [0.717, 1.165) is 0 Å². The number of azo groups is 1. The van der Waals surface area contributed by atoms with Crippen LogP contribution >= 0.6 is 11.6 Å². The third-order valence-corrected chi connectivity index (χ3v) is 2.97. The molecule has 2 unspecified atom stereocenters. The van der Waals surface area contributed by atoms with Crippen molar-refractivity contribution in [3.05, 3.63) is 0 Å². The molecule has 13 heavy (non-hydrogen) atoms. The summed E-state index contributed by atoms with van der Waals surface area (Å²) in [5, 5.41) is 8.38. The first-order valence-electron chi connectivity index (χ1n) is 4.88. The van der Waals surface area contributed by atoms with Gasteiger partial charge in [-0.15, -0.1) is 0 Å². The molecule has 0 aliphatic carbocycles. The number of nitrogens with zero attached hydrogens (tertiary/aromatic N) is 2. The largest absolute Gasteiger partial charge is 0.189 e. The van der Waals surface area contributed by atoms with Crippen LogP contribution < -0.4 is 0 Å². The van der Waals surface area contributed by atoms with Crippen LogP contribution in [0.3, 0.4) is 0 Å². The third-order valence-electron chi connectivity index (χ3n) is 2.45. The fraction of sp³-hybridized carbons (Fsp3) is 1.00. The van der Waals surface area contributed by atoms with E-state index in [9.17, 15) is 0 Å². The van der Waals surface area contributed by atoms with Crippen molar-refractivity contribution in [2.24, 2.45) is 22.1 Å². The molecule has 0 spiro atoms. The number of halogens is 1. The van der Waals surface area contributed by atoms with E-state index in [1.807, 2.05) is 20.8 Å². The predicted octanol–water partition coefficient (Wildman–Crippen LogP) is 4.09. The van der Waals surface area contributed by atoms with Crippen molar-refractivity contribution in [2.45, 2.75) is 52.6 Å². The van der Waals surface area contributed by atoms with Gasteiger partial charge in [-0.3, -0.25) is 0 Å². The Balaban J connectivity index is 4.25. The Hall–Kier alpha value is -0.110. The monoisotopic (exact) mass is 204 g/mol. The van der Waals surface area contributed by atoms with E-state index in [1.165, 1.54) is 0 Å². The van der Waals surface area contributed by atoms with E-state index in [2.05, 4.69) is 31.0 Å². The van der Waals surface area contributed by atoms with Gasteiger partial charge in [0, 0.05) is 0 Å². The second-order valence-electron chi connectivity index (χ2n) is 4.38. The van der Waals surface area contributed by atoms with Gasteiger partial charge in [0.2, 0.25) is 0 Å². The minimum absolute atomic E-state index is 0.247. The Kier molecular flexibility index (Phi) is 4.90. The normalized spacial score (nSPS) is 19.8. The van der Waals surface area contributed by atoms with Gasteiger partial charge in [-0.05, 0) is 25.7 Å². The molecule has 0 saturated heterocycles. The molecule has 78 valence electrons. The maximum absolute atomic E-state index is 6.16. The molecule has 2 atom stereocenters. The lowest BCUT2D eigenvalue weighted by molar-refractivity contribution is 0.421. The summed E-state index contributed by atoms with van der Waals surface area (Å²) in [7, 11) is 0. The Morgan fingerprint density at radius 2 is 1.54 bits per heavy atom. The number of hydrogen-bond acceptors (Lipinski definition) is 2. The molecule has 0 bridgehead atoms. The lowest BCUT2D eigenvalue weighted by atomic mass is 10.1. The maximum atomic E-state index is 6.16. The summed E-state index contributed by atoms with van der Waals surface area (Å²) >= 11 is 6.16. The molecular formula is C10H21ClN2. The van der Waals surface area contributed by atoms with Gasteiger partial charge in [-0.1, -0.05) is 39.3 Å². The van der Waals surface area contributed by atoms with Crippen LogP contribution in [0.4, 0.5) is 0 Å². The molecule has 0 amide bonds. The van der Waals surface area contributed by atoms with Gasteiger partial charge in [0.1, 0.15) is 0 Å². The lowest BCUT2D eigenvalue weighted by Crippen LogP contribution is -2.21. The highest BCUT2D eigenvalue weighted by Crippen LogP contribution is 2.27. The second kappa shape index (κ2) is 4.94. The van der Waals surface area contributed by atoms with Crippen molar-refractivity contribution in [3.8, 4) is 0 Å². The average molecular weight is 205 g/mol. The molecule has 2 nitrogen and oxygen atoms in total. The summed E-state index contributed by atoms with van der Waals surface area (Å²) in [5.74, 6) is 0.820. The van der Waals surface area contributed by atoms with E-state index < -0.39 is 5.00 Å². The van der Waals surface area contributed by atoms with E-state index >= 15 is 0 Å². The lowest BCUT2D eigenvalue weighted by Gasteiger charge is -2.21. The van der Waals surface area contributed by atoms with Crippen LogP contribution in [0.25, 0.3) is 0 Å². The molecule has 0 radical (unpaired) electrons. The van der Waals surface area contributed by atoms with Crippen LogP contribution in [-0.4, -0.2) is 11.0 Å². The molecule has 0 aromatic heterocycles. The molecular weight excluding hydrogens is 184 g/mol. The zero-order chi connectivity index (χ0) is 10.6. The molecule has 0 aromatic rings. The summed E-state index contributed by atoms with van der Waals surface area (Å²) < 4.78 is 0. The number of rotatable bonds is 4. The van der Waals surface area contributed by atoms with Gasteiger partial charge in [0.15, 0.2) is 5.00 Å². The molecule has 0 rings (SSSR count). The van der Waals surface area contributed by atoms with Crippen molar-refractivity contribution < 1.29 is 0 Å². The fourth-order valence-electron chi connectivity index (χ4n) is 0.453. The second-order valence-corrected chi connectivity index (χ2v) is 5.14.